The van der Waals surface area contributed by atoms with Crippen LogP contribution < -0.4 is 15.4 Å². The average Bonchev–Trinajstić information content (AvgIpc) is 2.46. The van der Waals surface area contributed by atoms with Crippen molar-refractivity contribution in [3.63, 3.8) is 0 Å². The number of piperazine rings is 1. The zero-order valence-corrected chi connectivity index (χ0v) is 12.4. The largest absolute Gasteiger partial charge is 0.397 e. The van der Waals surface area contributed by atoms with Crippen LogP contribution in [-0.2, 0) is 10.2 Å². The Morgan fingerprint density at radius 3 is 2.55 bits per heavy atom. The first kappa shape index (κ1) is 15.0. The van der Waals surface area contributed by atoms with E-state index in [9.17, 15) is 8.42 Å². The summed E-state index contributed by atoms with van der Waals surface area (Å²) in [6, 6.07) is 3.66. The summed E-state index contributed by atoms with van der Waals surface area (Å²) >= 11 is 0. The minimum absolute atomic E-state index is 0.463. The monoisotopic (exact) mass is 299 g/mol. The molecule has 1 aliphatic rings. The standard InChI is InChI=1S/C12H21N5O2S/c1-2-5-15-20(18,19)17-8-6-16(7-9-17)12-4-3-11(13)10-14-12/h3-4,10,15H,2,5-9,13H2,1H3. The molecule has 7 nitrogen and oxygen atoms in total. The molecule has 1 aromatic rings. The van der Waals surface area contributed by atoms with Crippen molar-refractivity contribution < 1.29 is 8.42 Å². The second-order valence-corrected chi connectivity index (χ2v) is 6.49. The van der Waals surface area contributed by atoms with E-state index in [0.717, 1.165) is 12.2 Å². The second kappa shape index (κ2) is 6.38. The predicted octanol–water partition coefficient (Wildman–Crippen LogP) is 0.0302. The minimum Gasteiger partial charge on any atom is -0.397 e. The van der Waals surface area contributed by atoms with E-state index in [2.05, 4.69) is 14.6 Å². The van der Waals surface area contributed by atoms with Crippen LogP contribution in [0.1, 0.15) is 13.3 Å². The lowest BCUT2D eigenvalue weighted by Gasteiger charge is -2.34. The molecule has 112 valence electrons. The SMILES string of the molecule is CCCNS(=O)(=O)N1CCN(c2ccc(N)cn2)CC1. The first-order valence-electron chi connectivity index (χ1n) is 6.74. The molecule has 0 aliphatic carbocycles. The smallest absolute Gasteiger partial charge is 0.279 e. The summed E-state index contributed by atoms with van der Waals surface area (Å²) < 4.78 is 28.1. The molecule has 1 fully saturated rings. The van der Waals surface area contributed by atoms with Gasteiger partial charge in [0.1, 0.15) is 5.82 Å². The zero-order valence-electron chi connectivity index (χ0n) is 11.6. The third-order valence-corrected chi connectivity index (χ3v) is 4.82. The van der Waals surface area contributed by atoms with Crippen molar-refractivity contribution in [2.75, 3.05) is 43.4 Å². The highest BCUT2D eigenvalue weighted by Gasteiger charge is 2.26. The van der Waals surface area contributed by atoms with Crippen LogP contribution in [0.25, 0.3) is 0 Å². The van der Waals surface area contributed by atoms with E-state index in [4.69, 9.17) is 5.73 Å². The second-order valence-electron chi connectivity index (χ2n) is 4.74. The van der Waals surface area contributed by atoms with Crippen LogP contribution in [0.3, 0.4) is 0 Å². The highest BCUT2D eigenvalue weighted by atomic mass is 32.2. The van der Waals surface area contributed by atoms with Crippen LogP contribution in [0.2, 0.25) is 0 Å². The van der Waals surface area contributed by atoms with Crippen molar-refractivity contribution in [3.8, 4) is 0 Å². The quantitative estimate of drug-likeness (QED) is 0.800. The number of pyridine rings is 1. The topological polar surface area (TPSA) is 91.6 Å². The van der Waals surface area contributed by atoms with Crippen LogP contribution in [0.15, 0.2) is 18.3 Å². The number of hydrogen-bond acceptors (Lipinski definition) is 5. The fraction of sp³-hybridized carbons (Fsp3) is 0.583. The predicted molar refractivity (Wildman–Crippen MR) is 79.6 cm³/mol. The van der Waals surface area contributed by atoms with E-state index in [0.29, 0.717) is 38.4 Å². The Labute approximate surface area is 120 Å². The number of nitrogens with one attached hydrogen (secondary N) is 1. The summed E-state index contributed by atoms with van der Waals surface area (Å²) in [5, 5.41) is 0. The van der Waals surface area contributed by atoms with Gasteiger partial charge in [0, 0.05) is 32.7 Å². The molecule has 20 heavy (non-hydrogen) atoms. The van der Waals surface area contributed by atoms with Gasteiger partial charge in [0.25, 0.3) is 10.2 Å². The van der Waals surface area contributed by atoms with E-state index < -0.39 is 10.2 Å². The van der Waals surface area contributed by atoms with Gasteiger partial charge in [-0.2, -0.15) is 12.7 Å². The Balaban J connectivity index is 1.93. The third kappa shape index (κ3) is 3.59. The molecule has 0 unspecified atom stereocenters. The maximum absolute atomic E-state index is 12.0. The van der Waals surface area contributed by atoms with Crippen molar-refractivity contribution in [3.05, 3.63) is 18.3 Å². The molecule has 0 amide bonds. The molecule has 2 heterocycles. The van der Waals surface area contributed by atoms with Gasteiger partial charge in [-0.15, -0.1) is 0 Å². The van der Waals surface area contributed by atoms with Gasteiger partial charge in [0.05, 0.1) is 11.9 Å². The highest BCUT2D eigenvalue weighted by molar-refractivity contribution is 7.87. The van der Waals surface area contributed by atoms with Crippen molar-refractivity contribution in [1.29, 1.82) is 0 Å². The number of aromatic nitrogens is 1. The normalized spacial score (nSPS) is 17.4. The Kier molecular flexibility index (Phi) is 4.79. The molecular formula is C12H21N5O2S. The van der Waals surface area contributed by atoms with Crippen LogP contribution in [0.5, 0.6) is 0 Å². The molecule has 0 radical (unpaired) electrons. The molecule has 0 saturated carbocycles. The van der Waals surface area contributed by atoms with Gasteiger partial charge < -0.3 is 10.6 Å². The molecule has 1 aliphatic heterocycles. The molecule has 0 spiro atoms. The van der Waals surface area contributed by atoms with Gasteiger partial charge in [-0.25, -0.2) is 9.71 Å². The molecule has 1 saturated heterocycles. The molecule has 3 N–H and O–H groups in total. The van der Waals surface area contributed by atoms with Crippen LogP contribution in [0, 0.1) is 0 Å². The number of anilines is 2. The number of nitrogens with zero attached hydrogens (tertiary/aromatic N) is 3. The summed E-state index contributed by atoms with van der Waals surface area (Å²) in [6.07, 6.45) is 2.40. The number of hydrogen-bond donors (Lipinski definition) is 2. The van der Waals surface area contributed by atoms with Gasteiger partial charge in [-0.05, 0) is 18.6 Å². The minimum atomic E-state index is -3.34. The highest BCUT2D eigenvalue weighted by Crippen LogP contribution is 2.15. The van der Waals surface area contributed by atoms with E-state index in [1.54, 1.807) is 12.3 Å². The lowest BCUT2D eigenvalue weighted by molar-refractivity contribution is 0.377. The Morgan fingerprint density at radius 2 is 2.00 bits per heavy atom. The fourth-order valence-corrected chi connectivity index (χ4v) is 3.35. The molecule has 1 aromatic heterocycles. The van der Waals surface area contributed by atoms with Crippen LogP contribution in [0.4, 0.5) is 11.5 Å². The first-order valence-corrected chi connectivity index (χ1v) is 8.18. The van der Waals surface area contributed by atoms with Crippen molar-refractivity contribution in [1.82, 2.24) is 14.0 Å². The fourth-order valence-electron chi connectivity index (χ4n) is 2.06. The van der Waals surface area contributed by atoms with Gasteiger partial charge in [-0.3, -0.25) is 0 Å². The summed E-state index contributed by atoms with van der Waals surface area (Å²) in [4.78, 5) is 6.32. The molecule has 8 heteroatoms. The first-order chi connectivity index (χ1) is 9.53. The molecular weight excluding hydrogens is 278 g/mol. The zero-order chi connectivity index (χ0) is 14.6. The molecule has 0 atom stereocenters. The van der Waals surface area contributed by atoms with E-state index in [1.807, 2.05) is 13.0 Å². The van der Waals surface area contributed by atoms with E-state index >= 15 is 0 Å². The summed E-state index contributed by atoms with van der Waals surface area (Å²) in [6.45, 7) is 4.60. The Morgan fingerprint density at radius 1 is 1.30 bits per heavy atom. The number of nitrogens with two attached hydrogens (primary N) is 1. The molecule has 2 rings (SSSR count). The van der Waals surface area contributed by atoms with E-state index in [1.165, 1.54) is 4.31 Å². The Hall–Kier alpha value is -1.38. The lowest BCUT2D eigenvalue weighted by atomic mass is 10.3. The maximum Gasteiger partial charge on any atom is 0.279 e. The van der Waals surface area contributed by atoms with Crippen LogP contribution in [-0.4, -0.2) is 50.4 Å². The summed E-state index contributed by atoms with van der Waals surface area (Å²) in [7, 11) is -3.34. The molecule has 0 bridgehead atoms. The van der Waals surface area contributed by atoms with Gasteiger partial charge >= 0.3 is 0 Å². The van der Waals surface area contributed by atoms with Crippen LogP contribution >= 0.6 is 0 Å². The summed E-state index contributed by atoms with van der Waals surface area (Å²) in [5.74, 6) is 0.831. The van der Waals surface area contributed by atoms with E-state index in [-0.39, 0.29) is 0 Å². The number of nitrogen functional groups attached to an aromatic ring is 1. The maximum atomic E-state index is 12.0. The van der Waals surface area contributed by atoms with Crippen molar-refractivity contribution in [2.45, 2.75) is 13.3 Å². The lowest BCUT2D eigenvalue weighted by Crippen LogP contribution is -2.52. The van der Waals surface area contributed by atoms with Gasteiger partial charge in [0.2, 0.25) is 0 Å². The van der Waals surface area contributed by atoms with Gasteiger partial charge in [0.15, 0.2) is 0 Å². The number of rotatable bonds is 5. The average molecular weight is 299 g/mol. The molecule has 0 aromatic carbocycles. The Bertz CT molecular complexity index is 523. The van der Waals surface area contributed by atoms with Crippen molar-refractivity contribution >= 4 is 21.7 Å². The van der Waals surface area contributed by atoms with Gasteiger partial charge in [-0.1, -0.05) is 6.92 Å². The third-order valence-electron chi connectivity index (χ3n) is 3.21. The summed E-state index contributed by atoms with van der Waals surface area (Å²) in [5.41, 5.74) is 6.23. The van der Waals surface area contributed by atoms with Crippen molar-refractivity contribution in [2.24, 2.45) is 0 Å².